The second kappa shape index (κ2) is 4.12. The molecule has 1 N–H and O–H groups in total. The number of aromatic nitrogens is 2. The molecule has 0 unspecified atom stereocenters. The van der Waals surface area contributed by atoms with Crippen LogP contribution in [0, 0.1) is 0 Å². The molecule has 0 spiro atoms. The van der Waals surface area contributed by atoms with Crippen LogP contribution in [0.15, 0.2) is 10.9 Å². The SMILES string of the molecule is O=C(O)c1ncno1.[K]. The largest absolute Gasteiger partial charge is 0.474 e. The first-order valence-electron chi connectivity index (χ1n) is 1.80. The van der Waals surface area contributed by atoms with E-state index in [1.165, 1.54) is 0 Å². The summed E-state index contributed by atoms with van der Waals surface area (Å²) in [5, 5.41) is 11.2. The third-order valence-electron chi connectivity index (χ3n) is 0.544. The molecule has 0 aliphatic carbocycles. The molecule has 6 heteroatoms. The van der Waals surface area contributed by atoms with Crippen molar-refractivity contribution in [3.63, 3.8) is 0 Å². The molecule has 0 aliphatic heterocycles. The average molecular weight is 153 g/mol. The van der Waals surface area contributed by atoms with Crippen molar-refractivity contribution in [3.8, 4) is 0 Å². The molecule has 0 bridgehead atoms. The summed E-state index contributed by atoms with van der Waals surface area (Å²) >= 11 is 0. The van der Waals surface area contributed by atoms with Crippen molar-refractivity contribution in [2.45, 2.75) is 0 Å². The number of carboxylic acid groups (broad SMARTS) is 1. The van der Waals surface area contributed by atoms with Crippen LogP contribution in [0.3, 0.4) is 0 Å². The normalized spacial score (nSPS) is 8.00. The van der Waals surface area contributed by atoms with Crippen molar-refractivity contribution in [1.82, 2.24) is 10.1 Å². The fourth-order valence-corrected chi connectivity index (χ4v) is 0.267. The van der Waals surface area contributed by atoms with Crippen LogP contribution in [0.25, 0.3) is 0 Å². The van der Waals surface area contributed by atoms with Crippen molar-refractivity contribution in [2.24, 2.45) is 0 Å². The summed E-state index contributed by atoms with van der Waals surface area (Å²) in [4.78, 5) is 13.1. The first kappa shape index (κ1) is 9.25. The zero-order chi connectivity index (χ0) is 5.98. The van der Waals surface area contributed by atoms with Gasteiger partial charge in [0.1, 0.15) is 0 Å². The molecule has 0 saturated heterocycles. The van der Waals surface area contributed by atoms with E-state index in [1.807, 2.05) is 0 Å². The summed E-state index contributed by atoms with van der Waals surface area (Å²) in [6, 6.07) is 0. The van der Waals surface area contributed by atoms with E-state index in [4.69, 9.17) is 5.11 Å². The van der Waals surface area contributed by atoms with Gasteiger partial charge in [0, 0.05) is 51.4 Å². The maximum Gasteiger partial charge on any atom is 0.394 e. The number of hydrogen-bond acceptors (Lipinski definition) is 4. The molecule has 0 saturated carbocycles. The molecule has 1 radical (unpaired) electrons. The van der Waals surface area contributed by atoms with Gasteiger partial charge in [0.25, 0.3) is 0 Å². The van der Waals surface area contributed by atoms with Gasteiger partial charge in [-0.3, -0.25) is 0 Å². The molecule has 0 fully saturated rings. The van der Waals surface area contributed by atoms with Crippen molar-refractivity contribution >= 4 is 57.4 Å². The minimum absolute atomic E-state index is 0. The van der Waals surface area contributed by atoms with E-state index < -0.39 is 5.97 Å². The van der Waals surface area contributed by atoms with E-state index in [-0.39, 0.29) is 57.3 Å². The molecule has 5 nitrogen and oxygen atoms in total. The van der Waals surface area contributed by atoms with E-state index in [1.54, 1.807) is 0 Å². The summed E-state index contributed by atoms with van der Waals surface area (Å²) in [5.74, 6) is -1.59. The van der Waals surface area contributed by atoms with Crippen molar-refractivity contribution in [1.29, 1.82) is 0 Å². The maximum absolute atomic E-state index is 9.87. The van der Waals surface area contributed by atoms with Crippen LogP contribution in [0.4, 0.5) is 0 Å². The van der Waals surface area contributed by atoms with Gasteiger partial charge in [-0.05, 0) is 0 Å². The zero-order valence-corrected chi connectivity index (χ0v) is 7.86. The van der Waals surface area contributed by atoms with Crippen LogP contribution >= 0.6 is 0 Å². The van der Waals surface area contributed by atoms with Gasteiger partial charge in [0.15, 0.2) is 6.33 Å². The average Bonchev–Trinajstić information content (AvgIpc) is 2.12. The molecule has 0 aromatic carbocycles. The Balaban J connectivity index is 0.000000640. The number of aromatic carboxylic acids is 1. The Kier molecular flexibility index (Phi) is 4.24. The van der Waals surface area contributed by atoms with Crippen LogP contribution in [0.5, 0.6) is 0 Å². The number of hydrogen-bond donors (Lipinski definition) is 1. The van der Waals surface area contributed by atoms with Gasteiger partial charge < -0.3 is 9.63 Å². The predicted molar refractivity (Wildman–Crippen MR) is 27.0 cm³/mol. The molecule has 43 valence electrons. The Hall–Kier alpha value is 0.246. The molecule has 1 aromatic heterocycles. The molecular weight excluding hydrogens is 151 g/mol. The monoisotopic (exact) mass is 153 g/mol. The standard InChI is InChI=1S/C3H2N2O3.K/c6-3(7)2-4-1-5-8-2;/h1H,(H,6,7);. The van der Waals surface area contributed by atoms with Crippen LogP contribution in [-0.2, 0) is 0 Å². The molecule has 1 aromatic rings. The van der Waals surface area contributed by atoms with Gasteiger partial charge >= 0.3 is 11.9 Å². The first-order valence-corrected chi connectivity index (χ1v) is 1.80. The quantitative estimate of drug-likeness (QED) is 0.544. The van der Waals surface area contributed by atoms with E-state index >= 15 is 0 Å². The van der Waals surface area contributed by atoms with E-state index in [2.05, 4.69) is 14.7 Å². The summed E-state index contributed by atoms with van der Waals surface area (Å²) < 4.78 is 4.13. The molecule has 0 atom stereocenters. The number of nitrogens with zero attached hydrogens (tertiary/aromatic N) is 2. The summed E-state index contributed by atoms with van der Waals surface area (Å²) in [5.41, 5.74) is 0. The Morgan fingerprint density at radius 3 is 2.67 bits per heavy atom. The Labute approximate surface area is 92.9 Å². The second-order valence-electron chi connectivity index (χ2n) is 1.05. The van der Waals surface area contributed by atoms with Crippen LogP contribution in [-0.4, -0.2) is 72.6 Å². The second-order valence-corrected chi connectivity index (χ2v) is 1.05. The molecule has 0 amide bonds. The van der Waals surface area contributed by atoms with Gasteiger partial charge in [0.2, 0.25) is 0 Å². The number of carbonyl (C=O) groups is 1. The predicted octanol–water partition coefficient (Wildman–Crippen LogP) is -0.613. The van der Waals surface area contributed by atoms with E-state index in [0.717, 1.165) is 6.33 Å². The number of rotatable bonds is 1. The van der Waals surface area contributed by atoms with Crippen LogP contribution in [0.2, 0.25) is 0 Å². The first-order chi connectivity index (χ1) is 3.80. The van der Waals surface area contributed by atoms with Crippen molar-refractivity contribution < 1.29 is 14.4 Å². The number of carboxylic acids is 1. The fourth-order valence-electron chi connectivity index (χ4n) is 0.267. The van der Waals surface area contributed by atoms with Gasteiger partial charge in [-0.2, -0.15) is 4.98 Å². The van der Waals surface area contributed by atoms with Gasteiger partial charge in [-0.1, -0.05) is 5.16 Å². The zero-order valence-electron chi connectivity index (χ0n) is 4.74. The summed E-state index contributed by atoms with van der Waals surface area (Å²) in [7, 11) is 0. The van der Waals surface area contributed by atoms with Crippen LogP contribution in [0.1, 0.15) is 10.7 Å². The summed E-state index contributed by atoms with van der Waals surface area (Å²) in [6.07, 6.45) is 1.03. The maximum atomic E-state index is 9.87. The third kappa shape index (κ3) is 2.54. The fraction of sp³-hybridized carbons (Fsp3) is 0. The third-order valence-corrected chi connectivity index (χ3v) is 0.544. The smallest absolute Gasteiger partial charge is 0.394 e. The minimum Gasteiger partial charge on any atom is -0.474 e. The van der Waals surface area contributed by atoms with E-state index in [9.17, 15) is 4.79 Å². The van der Waals surface area contributed by atoms with Gasteiger partial charge in [-0.15, -0.1) is 0 Å². The minimum atomic E-state index is -1.21. The van der Waals surface area contributed by atoms with Gasteiger partial charge in [0.05, 0.1) is 0 Å². The van der Waals surface area contributed by atoms with Crippen molar-refractivity contribution in [2.75, 3.05) is 0 Å². The van der Waals surface area contributed by atoms with E-state index in [0.29, 0.717) is 0 Å². The Bertz CT molecular complexity index is 185. The Morgan fingerprint density at radius 2 is 2.44 bits per heavy atom. The topological polar surface area (TPSA) is 76.2 Å². The molecule has 1 rings (SSSR count). The molecule has 0 aliphatic rings. The summed E-state index contributed by atoms with van der Waals surface area (Å²) in [6.45, 7) is 0. The van der Waals surface area contributed by atoms with Gasteiger partial charge in [-0.25, -0.2) is 4.79 Å². The molecule has 1 heterocycles. The Morgan fingerprint density at radius 1 is 1.78 bits per heavy atom. The van der Waals surface area contributed by atoms with Crippen LogP contribution < -0.4 is 0 Å². The molecular formula is C3H2KN2O3. The van der Waals surface area contributed by atoms with Crippen molar-refractivity contribution in [3.05, 3.63) is 12.2 Å². The molecule has 9 heavy (non-hydrogen) atoms.